The summed E-state index contributed by atoms with van der Waals surface area (Å²) in [5.41, 5.74) is 8.09. The van der Waals surface area contributed by atoms with Gasteiger partial charge in [0.25, 0.3) is 0 Å². The lowest BCUT2D eigenvalue weighted by atomic mass is 9.71. The van der Waals surface area contributed by atoms with E-state index in [-0.39, 0.29) is 0 Å². The third kappa shape index (κ3) is 4.76. The minimum Gasteiger partial charge on any atom is -0.438 e. The predicted molar refractivity (Wildman–Crippen MR) is 125 cm³/mol. The number of ether oxygens (including phenoxy) is 1. The second kappa shape index (κ2) is 8.65. The third-order valence-electron chi connectivity index (χ3n) is 6.48. The average molecular weight is 404 g/mol. The summed E-state index contributed by atoms with van der Waals surface area (Å²) in [5, 5.41) is 6.14. The third-order valence-corrected chi connectivity index (χ3v) is 6.48. The maximum atomic E-state index is 6.05. The number of fused-ring (bicyclic) bond motifs is 1. The summed E-state index contributed by atoms with van der Waals surface area (Å²) in [6.07, 6.45) is 6.80. The summed E-state index contributed by atoms with van der Waals surface area (Å²) >= 11 is 0. The zero-order valence-electron chi connectivity index (χ0n) is 18.3. The van der Waals surface area contributed by atoms with E-state index >= 15 is 0 Å². The molecule has 0 bridgehead atoms. The number of nitrogens with one attached hydrogen (secondary N) is 1. The molecular weight excluding hydrogens is 370 g/mol. The highest BCUT2D eigenvalue weighted by molar-refractivity contribution is 5.91. The number of rotatable bonds is 5. The van der Waals surface area contributed by atoms with Crippen LogP contribution in [0.15, 0.2) is 54.7 Å². The van der Waals surface area contributed by atoms with Crippen LogP contribution in [-0.2, 0) is 6.54 Å². The Morgan fingerprint density at radius 2 is 1.70 bits per heavy atom. The summed E-state index contributed by atoms with van der Waals surface area (Å²) < 4.78 is 6.05. The van der Waals surface area contributed by atoms with E-state index in [1.807, 2.05) is 12.1 Å². The van der Waals surface area contributed by atoms with Crippen molar-refractivity contribution >= 4 is 16.5 Å². The van der Waals surface area contributed by atoms with Gasteiger partial charge in [-0.2, -0.15) is 0 Å². The fraction of sp³-hybridized carbons (Fsp3) is 0.423. The van der Waals surface area contributed by atoms with Gasteiger partial charge in [-0.05, 0) is 60.1 Å². The molecule has 4 nitrogen and oxygen atoms in total. The Hall–Kier alpha value is -2.59. The Labute approximate surface area is 179 Å². The van der Waals surface area contributed by atoms with Gasteiger partial charge in [0, 0.05) is 24.0 Å². The van der Waals surface area contributed by atoms with Crippen LogP contribution >= 0.6 is 0 Å². The van der Waals surface area contributed by atoms with Crippen LogP contribution in [0, 0.1) is 11.3 Å². The van der Waals surface area contributed by atoms with E-state index in [4.69, 9.17) is 10.5 Å². The maximum Gasteiger partial charge on any atom is 0.219 e. The van der Waals surface area contributed by atoms with E-state index in [9.17, 15) is 0 Å². The monoisotopic (exact) mass is 403 g/mol. The van der Waals surface area contributed by atoms with Crippen molar-refractivity contribution in [3.05, 3.63) is 60.3 Å². The first-order chi connectivity index (χ1) is 14.4. The van der Waals surface area contributed by atoms with Crippen molar-refractivity contribution in [2.45, 2.75) is 59.0 Å². The van der Waals surface area contributed by atoms with Gasteiger partial charge in [-0.3, -0.25) is 0 Å². The van der Waals surface area contributed by atoms with Crippen LogP contribution in [0.5, 0.6) is 11.6 Å². The Kier molecular flexibility index (Phi) is 5.96. The zero-order chi connectivity index (χ0) is 21.1. The molecule has 0 amide bonds. The Morgan fingerprint density at radius 1 is 0.967 bits per heavy atom. The molecule has 1 aliphatic carbocycles. The van der Waals surface area contributed by atoms with Crippen LogP contribution in [0.3, 0.4) is 0 Å². The highest BCUT2D eigenvalue weighted by Gasteiger charge is 2.29. The van der Waals surface area contributed by atoms with E-state index < -0.39 is 0 Å². The summed E-state index contributed by atoms with van der Waals surface area (Å²) in [7, 11) is 0. The van der Waals surface area contributed by atoms with Gasteiger partial charge in [0.15, 0.2) is 0 Å². The van der Waals surface area contributed by atoms with Crippen molar-refractivity contribution in [2.75, 3.05) is 5.73 Å². The van der Waals surface area contributed by atoms with Crippen molar-refractivity contribution in [3.8, 4) is 11.6 Å². The summed E-state index contributed by atoms with van der Waals surface area (Å²) in [6.45, 7) is 8.01. The molecule has 0 atom stereocenters. The molecule has 4 heteroatoms. The fourth-order valence-corrected chi connectivity index (χ4v) is 4.57. The Bertz CT molecular complexity index is 983. The molecule has 0 spiro atoms. The van der Waals surface area contributed by atoms with Gasteiger partial charge in [-0.25, -0.2) is 4.98 Å². The van der Waals surface area contributed by atoms with Crippen molar-refractivity contribution in [1.82, 2.24) is 10.3 Å². The van der Waals surface area contributed by atoms with Gasteiger partial charge in [-0.1, -0.05) is 51.1 Å². The van der Waals surface area contributed by atoms with E-state index in [0.717, 1.165) is 23.6 Å². The van der Waals surface area contributed by atoms with Crippen molar-refractivity contribution in [1.29, 1.82) is 0 Å². The second-order valence-corrected chi connectivity index (χ2v) is 9.60. The smallest absolute Gasteiger partial charge is 0.219 e. The molecule has 158 valence electrons. The van der Waals surface area contributed by atoms with Gasteiger partial charge in [-0.15, -0.1) is 0 Å². The number of anilines is 1. The molecule has 1 aromatic heterocycles. The molecular formula is C26H33N3O. The predicted octanol–water partition coefficient (Wildman–Crippen LogP) is 6.30. The topological polar surface area (TPSA) is 60.2 Å². The Morgan fingerprint density at radius 3 is 2.40 bits per heavy atom. The first-order valence-corrected chi connectivity index (χ1v) is 11.0. The van der Waals surface area contributed by atoms with Crippen LogP contribution in [0.1, 0.15) is 52.0 Å². The molecule has 0 unspecified atom stereocenters. The SMILES string of the molecule is CC(C)(C)C1CCC(NCc2cccc3c(Oc4ccc(N)cn4)cccc23)CC1. The number of hydrogen-bond acceptors (Lipinski definition) is 4. The minimum absolute atomic E-state index is 0.427. The van der Waals surface area contributed by atoms with Crippen LogP contribution in [0.2, 0.25) is 0 Å². The molecule has 30 heavy (non-hydrogen) atoms. The normalized spacial score (nSPS) is 19.7. The van der Waals surface area contributed by atoms with E-state index in [1.54, 1.807) is 18.3 Å². The van der Waals surface area contributed by atoms with Crippen LogP contribution in [0.25, 0.3) is 10.8 Å². The van der Waals surface area contributed by atoms with Crippen LogP contribution in [-0.4, -0.2) is 11.0 Å². The van der Waals surface area contributed by atoms with Crippen LogP contribution in [0.4, 0.5) is 5.69 Å². The lowest BCUT2D eigenvalue weighted by Crippen LogP contribution is -2.35. The molecule has 2 aromatic carbocycles. The molecule has 3 N–H and O–H groups in total. The number of hydrogen-bond donors (Lipinski definition) is 2. The van der Waals surface area contributed by atoms with E-state index in [0.29, 0.717) is 23.0 Å². The maximum absolute atomic E-state index is 6.05. The second-order valence-electron chi connectivity index (χ2n) is 9.60. The number of aromatic nitrogens is 1. The molecule has 0 aliphatic heterocycles. The molecule has 0 saturated heterocycles. The minimum atomic E-state index is 0.427. The Balaban J connectivity index is 1.46. The lowest BCUT2D eigenvalue weighted by Gasteiger charge is -2.37. The van der Waals surface area contributed by atoms with Gasteiger partial charge in [0.1, 0.15) is 5.75 Å². The molecule has 3 aromatic rings. The standard InChI is InChI=1S/C26H33N3O/c1-26(2,3)19-10-13-21(14-11-19)28-16-18-6-4-8-23-22(18)7-5-9-24(23)30-25-15-12-20(27)17-29-25/h4-9,12,15,17,19,21,28H,10-11,13-14,16,27H2,1-3H3. The number of nitrogens with two attached hydrogens (primary N) is 1. The number of nitrogen functional groups attached to an aromatic ring is 1. The molecule has 4 rings (SSSR count). The fourth-order valence-electron chi connectivity index (χ4n) is 4.57. The zero-order valence-corrected chi connectivity index (χ0v) is 18.3. The summed E-state index contributed by atoms with van der Waals surface area (Å²) in [6, 6.07) is 16.9. The van der Waals surface area contributed by atoms with E-state index in [2.05, 4.69) is 55.3 Å². The first-order valence-electron chi connectivity index (χ1n) is 11.0. The number of pyridine rings is 1. The van der Waals surface area contributed by atoms with Crippen molar-refractivity contribution in [3.63, 3.8) is 0 Å². The van der Waals surface area contributed by atoms with Gasteiger partial charge < -0.3 is 15.8 Å². The van der Waals surface area contributed by atoms with Gasteiger partial charge in [0.2, 0.25) is 5.88 Å². The summed E-state index contributed by atoms with van der Waals surface area (Å²) in [5.74, 6) is 2.21. The molecule has 1 fully saturated rings. The molecule has 1 heterocycles. The highest BCUT2D eigenvalue weighted by atomic mass is 16.5. The van der Waals surface area contributed by atoms with E-state index in [1.165, 1.54) is 36.6 Å². The van der Waals surface area contributed by atoms with Gasteiger partial charge >= 0.3 is 0 Å². The average Bonchev–Trinajstić information content (AvgIpc) is 2.74. The largest absolute Gasteiger partial charge is 0.438 e. The molecule has 1 saturated carbocycles. The van der Waals surface area contributed by atoms with Crippen molar-refractivity contribution < 1.29 is 4.74 Å². The first kappa shape index (κ1) is 20.7. The highest BCUT2D eigenvalue weighted by Crippen LogP contribution is 2.38. The quantitative estimate of drug-likeness (QED) is 0.524. The van der Waals surface area contributed by atoms with Crippen LogP contribution < -0.4 is 15.8 Å². The number of nitrogens with zero attached hydrogens (tertiary/aromatic N) is 1. The summed E-state index contributed by atoms with van der Waals surface area (Å²) in [4.78, 5) is 4.26. The lowest BCUT2D eigenvalue weighted by molar-refractivity contribution is 0.160. The van der Waals surface area contributed by atoms with Gasteiger partial charge in [0.05, 0.1) is 11.9 Å². The molecule has 0 radical (unpaired) electrons. The molecule has 1 aliphatic rings. The number of benzene rings is 2. The van der Waals surface area contributed by atoms with Crippen molar-refractivity contribution in [2.24, 2.45) is 11.3 Å².